The molecule has 0 heterocycles. The average Bonchev–Trinajstić information content (AvgIpc) is 3.27. The molecule has 0 amide bonds. The summed E-state index contributed by atoms with van der Waals surface area (Å²) in [5, 5.41) is 3.85. The first-order valence-electron chi connectivity index (χ1n) is 8.00. The fourth-order valence-corrected chi connectivity index (χ4v) is 2.72. The van der Waals surface area contributed by atoms with Crippen LogP contribution in [0.5, 0.6) is 5.75 Å². The van der Waals surface area contributed by atoms with Crippen molar-refractivity contribution >= 4 is 0 Å². The Labute approximate surface area is 123 Å². The molecule has 20 heavy (non-hydrogen) atoms. The van der Waals surface area contributed by atoms with Crippen molar-refractivity contribution in [2.24, 2.45) is 11.8 Å². The molecule has 2 unspecified atom stereocenters. The van der Waals surface area contributed by atoms with Gasteiger partial charge in [-0.25, -0.2) is 0 Å². The van der Waals surface area contributed by atoms with Gasteiger partial charge in [0.05, 0.1) is 7.11 Å². The fraction of sp³-hybridized carbons (Fsp3) is 0.667. The van der Waals surface area contributed by atoms with Crippen molar-refractivity contribution in [3.63, 3.8) is 0 Å². The Morgan fingerprint density at radius 2 is 1.75 bits per heavy atom. The quantitative estimate of drug-likeness (QED) is 0.751. The van der Waals surface area contributed by atoms with Crippen LogP contribution in [0.4, 0.5) is 0 Å². The molecule has 2 nitrogen and oxygen atoms in total. The number of hydrogen-bond donors (Lipinski definition) is 1. The third-order valence-corrected chi connectivity index (χ3v) is 4.21. The predicted molar refractivity (Wildman–Crippen MR) is 85.1 cm³/mol. The number of benzene rings is 1. The molecule has 0 aromatic heterocycles. The summed E-state index contributed by atoms with van der Waals surface area (Å²) in [6.45, 7) is 6.92. The van der Waals surface area contributed by atoms with Crippen molar-refractivity contribution in [3.8, 4) is 5.75 Å². The molecule has 1 N–H and O–H groups in total. The Balaban J connectivity index is 1.95. The molecule has 112 valence electrons. The monoisotopic (exact) mass is 275 g/mol. The van der Waals surface area contributed by atoms with Gasteiger partial charge in [0.25, 0.3) is 0 Å². The van der Waals surface area contributed by atoms with E-state index in [0.29, 0.717) is 12.1 Å². The molecule has 1 saturated carbocycles. The van der Waals surface area contributed by atoms with Crippen LogP contribution in [0.1, 0.15) is 58.1 Å². The van der Waals surface area contributed by atoms with Gasteiger partial charge in [0.2, 0.25) is 0 Å². The Hall–Kier alpha value is -1.02. The van der Waals surface area contributed by atoms with Crippen molar-refractivity contribution < 1.29 is 4.74 Å². The van der Waals surface area contributed by atoms with Crippen molar-refractivity contribution in [2.75, 3.05) is 7.11 Å². The van der Waals surface area contributed by atoms with Crippen molar-refractivity contribution in [3.05, 3.63) is 29.8 Å². The molecule has 1 aromatic rings. The molecular formula is C18H29NO. The maximum atomic E-state index is 5.25. The van der Waals surface area contributed by atoms with Gasteiger partial charge >= 0.3 is 0 Å². The minimum atomic E-state index is 0.517. The van der Waals surface area contributed by atoms with Gasteiger partial charge in [0.15, 0.2) is 0 Å². The van der Waals surface area contributed by atoms with Crippen LogP contribution in [0.2, 0.25) is 0 Å². The van der Waals surface area contributed by atoms with Gasteiger partial charge in [-0.05, 0) is 62.1 Å². The molecule has 1 fully saturated rings. The lowest BCUT2D eigenvalue weighted by Crippen LogP contribution is -2.32. The van der Waals surface area contributed by atoms with Crippen molar-refractivity contribution in [1.82, 2.24) is 5.32 Å². The van der Waals surface area contributed by atoms with Gasteiger partial charge in [-0.15, -0.1) is 0 Å². The molecule has 0 bridgehead atoms. The first-order chi connectivity index (χ1) is 9.60. The largest absolute Gasteiger partial charge is 0.497 e. The molecule has 2 rings (SSSR count). The van der Waals surface area contributed by atoms with Crippen LogP contribution in [0.15, 0.2) is 24.3 Å². The standard InChI is InChI=1S/C18H29NO/c1-13(2)5-6-14(3)19-18(15-7-8-15)16-9-11-17(20-4)12-10-16/h9-15,18-19H,5-8H2,1-4H3. The molecule has 0 aliphatic heterocycles. The zero-order valence-corrected chi connectivity index (χ0v) is 13.4. The smallest absolute Gasteiger partial charge is 0.118 e. The Morgan fingerprint density at radius 3 is 2.25 bits per heavy atom. The summed E-state index contributed by atoms with van der Waals surface area (Å²) in [7, 11) is 1.72. The molecule has 0 radical (unpaired) electrons. The number of ether oxygens (including phenoxy) is 1. The van der Waals surface area contributed by atoms with Crippen LogP contribution in [-0.2, 0) is 0 Å². The molecule has 1 aromatic carbocycles. The number of nitrogens with one attached hydrogen (secondary N) is 1. The lowest BCUT2D eigenvalue weighted by molar-refractivity contribution is 0.380. The van der Waals surface area contributed by atoms with E-state index in [-0.39, 0.29) is 0 Å². The predicted octanol–water partition coefficient (Wildman–Crippen LogP) is 4.56. The van der Waals surface area contributed by atoms with Crippen LogP contribution >= 0.6 is 0 Å². The van der Waals surface area contributed by atoms with E-state index in [1.165, 1.54) is 31.2 Å². The third kappa shape index (κ3) is 4.52. The number of rotatable bonds is 8. The van der Waals surface area contributed by atoms with E-state index >= 15 is 0 Å². The second kappa shape index (κ2) is 7.12. The van der Waals surface area contributed by atoms with E-state index < -0.39 is 0 Å². The normalized spacial score (nSPS) is 18.1. The van der Waals surface area contributed by atoms with Gasteiger partial charge in [-0.2, -0.15) is 0 Å². The Bertz CT molecular complexity index is 394. The van der Waals surface area contributed by atoms with E-state index in [1.807, 2.05) is 0 Å². The zero-order chi connectivity index (χ0) is 14.5. The topological polar surface area (TPSA) is 21.3 Å². The highest BCUT2D eigenvalue weighted by atomic mass is 16.5. The second-order valence-corrected chi connectivity index (χ2v) is 6.63. The zero-order valence-electron chi connectivity index (χ0n) is 13.4. The summed E-state index contributed by atoms with van der Waals surface area (Å²) in [5.41, 5.74) is 1.41. The summed E-state index contributed by atoms with van der Waals surface area (Å²) >= 11 is 0. The van der Waals surface area contributed by atoms with Crippen LogP contribution < -0.4 is 10.1 Å². The van der Waals surface area contributed by atoms with E-state index in [9.17, 15) is 0 Å². The lowest BCUT2D eigenvalue weighted by atomic mass is 9.99. The first kappa shape index (κ1) is 15.4. The Morgan fingerprint density at radius 1 is 1.10 bits per heavy atom. The van der Waals surface area contributed by atoms with E-state index in [1.54, 1.807) is 7.11 Å². The van der Waals surface area contributed by atoms with Crippen molar-refractivity contribution in [1.29, 1.82) is 0 Å². The highest BCUT2D eigenvalue weighted by molar-refractivity contribution is 5.30. The summed E-state index contributed by atoms with van der Waals surface area (Å²) in [4.78, 5) is 0. The molecule has 1 aliphatic carbocycles. The van der Waals surface area contributed by atoms with Crippen molar-refractivity contribution in [2.45, 2.75) is 58.5 Å². The first-order valence-corrected chi connectivity index (χ1v) is 8.00. The van der Waals surface area contributed by atoms with Gasteiger partial charge in [-0.1, -0.05) is 26.0 Å². The van der Waals surface area contributed by atoms with Crippen LogP contribution in [-0.4, -0.2) is 13.2 Å². The summed E-state index contributed by atoms with van der Waals surface area (Å²) in [6, 6.07) is 9.68. The third-order valence-electron chi connectivity index (χ3n) is 4.21. The molecular weight excluding hydrogens is 246 g/mol. The van der Waals surface area contributed by atoms with Gasteiger partial charge in [0.1, 0.15) is 5.75 Å². The lowest BCUT2D eigenvalue weighted by Gasteiger charge is -2.24. The van der Waals surface area contributed by atoms with Crippen LogP contribution in [0.3, 0.4) is 0 Å². The summed E-state index contributed by atoms with van der Waals surface area (Å²) < 4.78 is 5.25. The number of methoxy groups -OCH3 is 1. The molecule has 2 atom stereocenters. The highest BCUT2D eigenvalue weighted by Gasteiger charge is 2.32. The summed E-state index contributed by atoms with van der Waals surface area (Å²) in [6.07, 6.45) is 5.28. The summed E-state index contributed by atoms with van der Waals surface area (Å²) in [5.74, 6) is 2.56. The van der Waals surface area contributed by atoms with E-state index in [4.69, 9.17) is 4.74 Å². The minimum Gasteiger partial charge on any atom is -0.497 e. The van der Waals surface area contributed by atoms with Gasteiger partial charge < -0.3 is 10.1 Å². The van der Waals surface area contributed by atoms with Gasteiger partial charge in [-0.3, -0.25) is 0 Å². The SMILES string of the molecule is COc1ccc(C(NC(C)CCC(C)C)C2CC2)cc1. The fourth-order valence-electron chi connectivity index (χ4n) is 2.72. The van der Waals surface area contributed by atoms with Gasteiger partial charge in [0, 0.05) is 12.1 Å². The van der Waals surface area contributed by atoms with E-state index in [0.717, 1.165) is 17.6 Å². The highest BCUT2D eigenvalue weighted by Crippen LogP contribution is 2.41. The Kier molecular flexibility index (Phi) is 5.47. The molecule has 0 saturated heterocycles. The molecule has 2 heteroatoms. The molecule has 0 spiro atoms. The maximum Gasteiger partial charge on any atom is 0.118 e. The number of hydrogen-bond acceptors (Lipinski definition) is 2. The average molecular weight is 275 g/mol. The molecule has 1 aliphatic rings. The maximum absolute atomic E-state index is 5.25. The van der Waals surface area contributed by atoms with Crippen LogP contribution in [0, 0.1) is 11.8 Å². The second-order valence-electron chi connectivity index (χ2n) is 6.63. The van der Waals surface area contributed by atoms with Crippen LogP contribution in [0.25, 0.3) is 0 Å². The van der Waals surface area contributed by atoms with E-state index in [2.05, 4.69) is 50.4 Å². The minimum absolute atomic E-state index is 0.517.